The number of piperidine rings is 1. The van der Waals surface area contributed by atoms with E-state index in [9.17, 15) is 22.4 Å². The van der Waals surface area contributed by atoms with Crippen molar-refractivity contribution in [2.75, 3.05) is 66.5 Å². The summed E-state index contributed by atoms with van der Waals surface area (Å²) in [6.45, 7) is 32.5. The maximum Gasteiger partial charge on any atom is 0.419 e. The van der Waals surface area contributed by atoms with E-state index >= 15 is 0 Å². The van der Waals surface area contributed by atoms with Crippen molar-refractivity contribution >= 4 is 12.1 Å². The summed E-state index contributed by atoms with van der Waals surface area (Å²) in [5.41, 5.74) is 2.62. The highest BCUT2D eigenvalue weighted by Gasteiger charge is 2.55. The molecule has 1 amide bonds. The van der Waals surface area contributed by atoms with Crippen LogP contribution in [0.2, 0.25) is 0 Å². The minimum absolute atomic E-state index is 0.0606. The van der Waals surface area contributed by atoms with E-state index in [1.54, 1.807) is 0 Å². The predicted molar refractivity (Wildman–Crippen MR) is 361 cm³/mol. The number of nitrogens with zero attached hydrogens (tertiary/aromatic N) is 6. The molecule has 5 unspecified atom stereocenters. The Kier molecular flexibility index (Phi) is 28.3. The van der Waals surface area contributed by atoms with Crippen molar-refractivity contribution in [3.63, 3.8) is 0 Å². The van der Waals surface area contributed by atoms with E-state index in [4.69, 9.17) is 4.99 Å². The molecule has 6 N–H and O–H groups in total. The van der Waals surface area contributed by atoms with Crippen LogP contribution in [0.25, 0.3) is 0 Å². The van der Waals surface area contributed by atoms with Gasteiger partial charge in [-0.1, -0.05) is 99.0 Å². The fourth-order valence-electron chi connectivity index (χ4n) is 15.9. The van der Waals surface area contributed by atoms with Crippen LogP contribution in [0.5, 0.6) is 0 Å². The number of carbonyl (C=O) groups excluding carboxylic acids is 1. The predicted octanol–water partition coefficient (Wildman–Crippen LogP) is 12.8. The van der Waals surface area contributed by atoms with Crippen LogP contribution in [0.15, 0.2) is 71.2 Å². The van der Waals surface area contributed by atoms with E-state index in [0.29, 0.717) is 61.1 Å². The highest BCUT2D eigenvalue weighted by molar-refractivity contribution is 5.81. The van der Waals surface area contributed by atoms with Gasteiger partial charge in [0.1, 0.15) is 5.82 Å². The van der Waals surface area contributed by atoms with E-state index in [0.717, 1.165) is 115 Å². The molecule has 4 heterocycles. The SMILES string of the molecule is CC[C@H](C)[C@H]1CN[C@@H](CC(C)C)C(C)NCC2[C@@H](C(=O)N3CCCCC3)C(C)N2[C@@H](C(C)C)C(C)NC2(CCCC2)CNCCN=CC=C(CCc2ccc(C(F)(F)F)c(F)c2)NC=CN(C)C=C(CC2CCCCC2)N(C)C=C2CCCN2[C@@H](C)C(C)N1. The largest absolute Gasteiger partial charge is 0.419 e. The van der Waals surface area contributed by atoms with Crippen LogP contribution in [0.4, 0.5) is 17.6 Å². The van der Waals surface area contributed by atoms with Crippen LogP contribution >= 0.6 is 0 Å². The number of hydrogen-bond donors (Lipinski definition) is 6. The number of allylic oxidation sites excluding steroid dienone is 4. The van der Waals surface area contributed by atoms with Crippen molar-refractivity contribution in [2.24, 2.45) is 34.6 Å². The Morgan fingerprint density at radius 2 is 1.54 bits per heavy atom. The van der Waals surface area contributed by atoms with Crippen molar-refractivity contribution in [1.29, 1.82) is 0 Å². The van der Waals surface area contributed by atoms with Gasteiger partial charge in [-0.15, -0.1) is 0 Å². The molecule has 7 rings (SSSR count). The molecule has 1 aromatic carbocycles. The Bertz CT molecular complexity index is 2460. The third-order valence-electron chi connectivity index (χ3n) is 21.4. The Labute approximate surface area is 537 Å². The highest BCUT2D eigenvalue weighted by atomic mass is 19.4. The van der Waals surface area contributed by atoms with Crippen LogP contribution in [-0.4, -0.2) is 163 Å². The van der Waals surface area contributed by atoms with Crippen LogP contribution in [0.1, 0.15) is 203 Å². The Morgan fingerprint density at radius 1 is 0.820 bits per heavy atom. The number of likely N-dealkylation sites (tertiary alicyclic amines) is 1. The lowest BCUT2D eigenvalue weighted by Gasteiger charge is -2.60. The van der Waals surface area contributed by atoms with Gasteiger partial charge in [-0.3, -0.25) is 14.7 Å². The lowest BCUT2D eigenvalue weighted by molar-refractivity contribution is -0.162. The van der Waals surface area contributed by atoms with Gasteiger partial charge in [0.15, 0.2) is 0 Å². The minimum atomic E-state index is -4.76. The highest BCUT2D eigenvalue weighted by Crippen LogP contribution is 2.41. The van der Waals surface area contributed by atoms with Crippen molar-refractivity contribution in [3.05, 3.63) is 83.1 Å². The summed E-state index contributed by atoms with van der Waals surface area (Å²) in [6, 6.07) is 5.03. The zero-order valence-corrected chi connectivity index (χ0v) is 57.5. The number of fused-ring (bicyclic) bond motifs is 2. The maximum atomic E-state index is 14.8. The molecular weight excluding hydrogens is 1120 g/mol. The fourth-order valence-corrected chi connectivity index (χ4v) is 15.9. The topological polar surface area (TPSA) is 118 Å². The second kappa shape index (κ2) is 34.8. The van der Waals surface area contributed by atoms with Crippen molar-refractivity contribution in [3.8, 4) is 0 Å². The molecule has 2 saturated carbocycles. The number of hydrogen-bond acceptors (Lipinski definition) is 12. The zero-order chi connectivity index (χ0) is 64.4. The van der Waals surface area contributed by atoms with Gasteiger partial charge in [0.2, 0.25) is 5.91 Å². The van der Waals surface area contributed by atoms with Gasteiger partial charge in [-0.05, 0) is 153 Å². The zero-order valence-electron chi connectivity index (χ0n) is 57.5. The summed E-state index contributed by atoms with van der Waals surface area (Å²) in [4.78, 5) is 31.7. The third kappa shape index (κ3) is 20.7. The molecule has 504 valence electrons. The Balaban J connectivity index is 1.19. The molecule has 0 radical (unpaired) electrons. The summed E-state index contributed by atoms with van der Waals surface area (Å²) >= 11 is 0. The number of nitrogens with one attached hydrogen (secondary N) is 6. The molecule has 1 aromatic rings. The van der Waals surface area contributed by atoms with Crippen LogP contribution < -0.4 is 31.9 Å². The van der Waals surface area contributed by atoms with Crippen LogP contribution in [-0.2, 0) is 17.4 Å². The van der Waals surface area contributed by atoms with Gasteiger partial charge < -0.3 is 51.5 Å². The number of rotatable bonds is 11. The summed E-state index contributed by atoms with van der Waals surface area (Å²) in [5.74, 6) is 0.978. The first-order valence-electron chi connectivity index (χ1n) is 35.4. The quantitative estimate of drug-likeness (QED) is 0.119. The van der Waals surface area contributed by atoms with E-state index in [1.807, 2.05) is 24.7 Å². The molecule has 5 fully saturated rings. The van der Waals surface area contributed by atoms with Crippen LogP contribution in [0, 0.1) is 35.4 Å². The summed E-state index contributed by atoms with van der Waals surface area (Å²) < 4.78 is 55.4. The fraction of sp³-hybridized carbons (Fsp3) is 0.778. The lowest BCUT2D eigenvalue weighted by atomic mass is 9.74. The number of amides is 1. The number of aliphatic imine (C=N–C) groups is 1. The van der Waals surface area contributed by atoms with Gasteiger partial charge in [0.25, 0.3) is 0 Å². The Hall–Kier alpha value is -4.00. The molecule has 13 nitrogen and oxygen atoms in total. The van der Waals surface area contributed by atoms with Gasteiger partial charge in [-0.25, -0.2) is 4.39 Å². The molecule has 2 aliphatic carbocycles. The van der Waals surface area contributed by atoms with Crippen molar-refractivity contribution in [2.45, 2.75) is 264 Å². The first-order chi connectivity index (χ1) is 42.5. The molecular formula is C72H122F4N12O. The molecule has 11 atom stereocenters. The number of alkyl halides is 3. The molecule has 17 heteroatoms. The first-order valence-corrected chi connectivity index (χ1v) is 35.4. The molecule has 0 bridgehead atoms. The first kappa shape index (κ1) is 72.4. The standard InChI is InChI=1S/C72H122F4N12O/c1-14-52(6)66-45-81-65(42-50(2)3)54(8)80-46-67-68(70(89)86-38-21-16-22-39-86)57(11)88(67)69(51(4)5)55(9)83-71(32-19-20-33-71)49-78-36-35-77-34-31-60(29-27-59-28-30-63(64(73)44-59)72(74,75)76)79-37-41-84(12)47-62(43-58-24-17-15-18-25-58)85(13)48-61-26-23-40-87(61)56(10)53(7)82-66/h28,30-31,34,37,41,44,47-48,50-58,65-69,78-83H,14-27,29,32-33,35-36,38-40,42-43,45-46,49H2,1-13H3/t52-,53?,54?,55?,56-,57?,65-,66+,67?,68-,69-/m0/s1. The summed E-state index contributed by atoms with van der Waals surface area (Å²) in [7, 11) is 4.28. The molecule has 1 spiro atoms. The third-order valence-corrected chi connectivity index (χ3v) is 21.4. The second-order valence-electron chi connectivity index (χ2n) is 29.1. The second-order valence-corrected chi connectivity index (χ2v) is 29.1. The average molecular weight is 1250 g/mol. The molecule has 4 aliphatic heterocycles. The molecule has 89 heavy (non-hydrogen) atoms. The van der Waals surface area contributed by atoms with E-state index in [2.05, 4.69) is 159 Å². The van der Waals surface area contributed by atoms with Crippen LogP contribution in [0.3, 0.4) is 0 Å². The van der Waals surface area contributed by atoms with E-state index in [1.165, 1.54) is 68.8 Å². The monoisotopic (exact) mass is 1250 g/mol. The number of carbonyl (C=O) groups is 1. The van der Waals surface area contributed by atoms with E-state index in [-0.39, 0.29) is 65.8 Å². The molecule has 0 aromatic heterocycles. The lowest BCUT2D eigenvalue weighted by Crippen LogP contribution is -2.76. The molecule has 6 aliphatic rings. The van der Waals surface area contributed by atoms with Gasteiger partial charge >= 0.3 is 6.18 Å². The van der Waals surface area contributed by atoms with E-state index < -0.39 is 17.6 Å². The number of aryl methyl sites for hydroxylation is 1. The summed E-state index contributed by atoms with van der Waals surface area (Å²) in [5, 5.41) is 24.1. The van der Waals surface area contributed by atoms with Gasteiger partial charge in [0, 0.05) is 168 Å². The molecule has 3 saturated heterocycles. The average Bonchev–Trinajstić information content (AvgIpc) is 1.38. The van der Waals surface area contributed by atoms with Gasteiger partial charge in [-0.2, -0.15) is 13.2 Å². The number of halogens is 4. The smallest absolute Gasteiger partial charge is 0.369 e. The maximum absolute atomic E-state index is 14.8. The van der Waals surface area contributed by atoms with Crippen molar-refractivity contribution in [1.82, 2.24) is 56.4 Å². The Morgan fingerprint density at radius 3 is 2.21 bits per heavy atom. The normalized spacial score (nSPS) is 30.1. The summed E-state index contributed by atoms with van der Waals surface area (Å²) in [6.07, 6.45) is 27.8. The van der Waals surface area contributed by atoms with Gasteiger partial charge in [0.05, 0.1) is 18.0 Å². The number of benzene rings is 1. The van der Waals surface area contributed by atoms with Crippen molar-refractivity contribution < 1.29 is 22.4 Å². The minimum Gasteiger partial charge on any atom is -0.369 e.